The topological polar surface area (TPSA) is 24.9 Å². The molecule has 0 aliphatic carbocycles. The Morgan fingerprint density at radius 2 is 2.24 bits per heavy atom. The van der Waals surface area contributed by atoms with Gasteiger partial charge in [-0.2, -0.15) is 0 Å². The molecule has 1 N–H and O–H groups in total. The summed E-state index contributed by atoms with van der Waals surface area (Å²) in [7, 11) is 0. The van der Waals surface area contributed by atoms with Gasteiger partial charge in [-0.05, 0) is 31.5 Å². The fourth-order valence-electron chi connectivity index (χ4n) is 1.66. The maximum Gasteiger partial charge on any atom is 0.126 e. The van der Waals surface area contributed by atoms with Crippen LogP contribution in [0.2, 0.25) is 0 Å². The van der Waals surface area contributed by atoms with Crippen molar-refractivity contribution in [2.24, 2.45) is 0 Å². The highest BCUT2D eigenvalue weighted by atomic mass is 32.1. The Kier molecular flexibility index (Phi) is 4.23. The number of benzene rings is 1. The van der Waals surface area contributed by atoms with Gasteiger partial charge < -0.3 is 5.32 Å². The Bertz CT molecular complexity index is 456. The summed E-state index contributed by atoms with van der Waals surface area (Å²) in [5.74, 6) is -0.129. The molecule has 2 rings (SSSR count). The highest BCUT2D eigenvalue weighted by Gasteiger charge is 2.07. The van der Waals surface area contributed by atoms with Crippen molar-refractivity contribution in [2.45, 2.75) is 19.4 Å². The highest BCUT2D eigenvalue weighted by Crippen LogP contribution is 2.14. The molecular formula is C13H15FN2S. The molecule has 0 amide bonds. The molecule has 0 aliphatic heterocycles. The molecule has 17 heavy (non-hydrogen) atoms. The van der Waals surface area contributed by atoms with Crippen LogP contribution in [0.4, 0.5) is 4.39 Å². The van der Waals surface area contributed by atoms with Gasteiger partial charge in [0.05, 0.1) is 6.04 Å². The van der Waals surface area contributed by atoms with Crippen molar-refractivity contribution in [3.63, 3.8) is 0 Å². The van der Waals surface area contributed by atoms with Crippen molar-refractivity contribution in [3.8, 4) is 0 Å². The first-order chi connectivity index (χ1) is 8.27. The number of rotatable bonds is 5. The van der Waals surface area contributed by atoms with Crippen molar-refractivity contribution < 1.29 is 4.39 Å². The van der Waals surface area contributed by atoms with Gasteiger partial charge in [0.25, 0.3) is 0 Å². The van der Waals surface area contributed by atoms with E-state index < -0.39 is 0 Å². The number of hydrogen-bond acceptors (Lipinski definition) is 3. The van der Waals surface area contributed by atoms with E-state index in [9.17, 15) is 4.39 Å². The molecule has 1 heterocycles. The molecule has 2 nitrogen and oxygen atoms in total. The van der Waals surface area contributed by atoms with Gasteiger partial charge >= 0.3 is 0 Å². The molecule has 0 fully saturated rings. The lowest BCUT2D eigenvalue weighted by Gasteiger charge is -2.11. The quantitative estimate of drug-likeness (QED) is 0.881. The summed E-state index contributed by atoms with van der Waals surface area (Å²) in [6.07, 6.45) is 2.50. The molecule has 0 radical (unpaired) electrons. The number of hydrogen-bond donors (Lipinski definition) is 1. The van der Waals surface area contributed by atoms with E-state index in [1.165, 1.54) is 6.07 Å². The third kappa shape index (κ3) is 3.35. The summed E-state index contributed by atoms with van der Waals surface area (Å²) in [5.41, 5.74) is 0.756. The monoisotopic (exact) mass is 250 g/mol. The van der Waals surface area contributed by atoms with Gasteiger partial charge in [0.2, 0.25) is 0 Å². The predicted molar refractivity (Wildman–Crippen MR) is 68.6 cm³/mol. The van der Waals surface area contributed by atoms with E-state index >= 15 is 0 Å². The van der Waals surface area contributed by atoms with Gasteiger partial charge in [0.1, 0.15) is 10.8 Å². The Hall–Kier alpha value is -1.26. The van der Waals surface area contributed by atoms with Gasteiger partial charge in [-0.15, -0.1) is 11.3 Å². The van der Waals surface area contributed by atoms with Crippen LogP contribution in [0.1, 0.15) is 23.5 Å². The first-order valence-electron chi connectivity index (χ1n) is 5.63. The first-order valence-corrected chi connectivity index (χ1v) is 6.51. The molecule has 1 aromatic carbocycles. The molecule has 90 valence electrons. The van der Waals surface area contributed by atoms with E-state index in [4.69, 9.17) is 0 Å². The smallest absolute Gasteiger partial charge is 0.126 e. The van der Waals surface area contributed by atoms with Crippen LogP contribution in [-0.2, 0) is 6.42 Å². The van der Waals surface area contributed by atoms with E-state index in [1.807, 2.05) is 17.5 Å². The summed E-state index contributed by atoms with van der Waals surface area (Å²) in [6, 6.07) is 7.12. The average molecular weight is 250 g/mol. The van der Waals surface area contributed by atoms with Crippen molar-refractivity contribution in [1.82, 2.24) is 10.3 Å². The zero-order valence-electron chi connectivity index (χ0n) is 9.69. The van der Waals surface area contributed by atoms with E-state index in [0.29, 0.717) is 6.42 Å². The second-order valence-corrected chi connectivity index (χ2v) is 4.81. The van der Waals surface area contributed by atoms with Crippen molar-refractivity contribution in [3.05, 3.63) is 52.2 Å². The minimum atomic E-state index is -0.129. The van der Waals surface area contributed by atoms with Crippen molar-refractivity contribution in [1.29, 1.82) is 0 Å². The molecule has 1 unspecified atom stereocenters. The fourth-order valence-corrected chi connectivity index (χ4v) is 2.33. The lowest BCUT2D eigenvalue weighted by molar-refractivity contribution is 0.557. The normalized spacial score (nSPS) is 12.6. The Labute approximate surface area is 105 Å². The Morgan fingerprint density at radius 3 is 2.94 bits per heavy atom. The third-order valence-electron chi connectivity index (χ3n) is 2.62. The lowest BCUT2D eigenvalue weighted by Crippen LogP contribution is -2.21. The molecule has 1 atom stereocenters. The summed E-state index contributed by atoms with van der Waals surface area (Å²) < 4.78 is 13.3. The van der Waals surface area contributed by atoms with E-state index in [0.717, 1.165) is 17.1 Å². The second kappa shape index (κ2) is 5.89. The third-order valence-corrected chi connectivity index (χ3v) is 3.58. The SMILES string of the molecule is CC(NCCc1ccccc1F)c1nccs1. The number of aromatic nitrogens is 1. The minimum absolute atomic E-state index is 0.129. The number of thiazole rings is 1. The molecule has 0 saturated carbocycles. The zero-order chi connectivity index (χ0) is 12.1. The van der Waals surface area contributed by atoms with Crippen LogP contribution in [0.25, 0.3) is 0 Å². The predicted octanol–water partition coefficient (Wildman–Crippen LogP) is 3.18. The number of nitrogens with zero attached hydrogens (tertiary/aromatic N) is 1. The van der Waals surface area contributed by atoms with Crippen molar-refractivity contribution >= 4 is 11.3 Å². The van der Waals surface area contributed by atoms with E-state index in [1.54, 1.807) is 23.6 Å². The largest absolute Gasteiger partial charge is 0.308 e. The molecular weight excluding hydrogens is 235 g/mol. The minimum Gasteiger partial charge on any atom is -0.308 e. The van der Waals surface area contributed by atoms with E-state index in [2.05, 4.69) is 17.2 Å². The zero-order valence-corrected chi connectivity index (χ0v) is 10.5. The molecule has 0 spiro atoms. The van der Waals surface area contributed by atoms with Gasteiger partial charge in [0, 0.05) is 11.6 Å². The lowest BCUT2D eigenvalue weighted by atomic mass is 10.1. The number of halogens is 1. The molecule has 0 aliphatic rings. The van der Waals surface area contributed by atoms with Crippen LogP contribution in [-0.4, -0.2) is 11.5 Å². The van der Waals surface area contributed by atoms with Crippen LogP contribution in [0, 0.1) is 5.82 Å². The summed E-state index contributed by atoms with van der Waals surface area (Å²) in [4.78, 5) is 4.24. The van der Waals surface area contributed by atoms with Crippen LogP contribution < -0.4 is 5.32 Å². The summed E-state index contributed by atoms with van der Waals surface area (Å²) in [5, 5.41) is 6.37. The molecule has 1 aromatic heterocycles. The van der Waals surface area contributed by atoms with Gasteiger partial charge in [-0.3, -0.25) is 0 Å². The molecule has 0 bridgehead atoms. The van der Waals surface area contributed by atoms with Crippen LogP contribution in [0.5, 0.6) is 0 Å². The number of nitrogens with one attached hydrogen (secondary N) is 1. The molecule has 0 saturated heterocycles. The van der Waals surface area contributed by atoms with Crippen molar-refractivity contribution in [2.75, 3.05) is 6.54 Å². The Morgan fingerprint density at radius 1 is 1.41 bits per heavy atom. The van der Waals surface area contributed by atoms with Crippen LogP contribution in [0.15, 0.2) is 35.8 Å². The maximum absolute atomic E-state index is 13.3. The summed E-state index contributed by atoms with van der Waals surface area (Å²) in [6.45, 7) is 2.82. The van der Waals surface area contributed by atoms with Gasteiger partial charge in [0.15, 0.2) is 0 Å². The van der Waals surface area contributed by atoms with E-state index in [-0.39, 0.29) is 11.9 Å². The molecule has 2 aromatic rings. The fraction of sp³-hybridized carbons (Fsp3) is 0.308. The average Bonchev–Trinajstić information content (AvgIpc) is 2.85. The first kappa shape index (κ1) is 12.2. The molecule has 4 heteroatoms. The second-order valence-electron chi connectivity index (χ2n) is 3.89. The van der Waals surface area contributed by atoms with Crippen LogP contribution in [0.3, 0.4) is 0 Å². The van der Waals surface area contributed by atoms with Crippen LogP contribution >= 0.6 is 11.3 Å². The van der Waals surface area contributed by atoms with Gasteiger partial charge in [-0.1, -0.05) is 18.2 Å². The summed E-state index contributed by atoms with van der Waals surface area (Å²) >= 11 is 1.63. The Balaban J connectivity index is 1.82. The maximum atomic E-state index is 13.3. The van der Waals surface area contributed by atoms with Gasteiger partial charge in [-0.25, -0.2) is 9.37 Å². The highest BCUT2D eigenvalue weighted by molar-refractivity contribution is 7.09. The standard InChI is InChI=1S/C13H15FN2S/c1-10(13-16-8-9-17-13)15-7-6-11-4-2-3-5-12(11)14/h2-5,8-10,15H,6-7H2,1H3.